The lowest BCUT2D eigenvalue weighted by molar-refractivity contribution is -0.122. The number of halogens is 2. The van der Waals surface area contributed by atoms with Crippen molar-refractivity contribution in [3.63, 3.8) is 0 Å². The van der Waals surface area contributed by atoms with E-state index in [1.165, 1.54) is 0 Å². The molecule has 0 aromatic heterocycles. The highest BCUT2D eigenvalue weighted by atomic mass is 127. The summed E-state index contributed by atoms with van der Waals surface area (Å²) in [5.41, 5.74) is 6.72. The minimum Gasteiger partial charge on any atom is -0.273 e. The van der Waals surface area contributed by atoms with Crippen molar-refractivity contribution in [2.24, 2.45) is 10.2 Å². The van der Waals surface area contributed by atoms with Crippen LogP contribution in [0.1, 0.15) is 30.4 Å². The van der Waals surface area contributed by atoms with Crippen LogP contribution in [0, 0.1) is 7.14 Å². The van der Waals surface area contributed by atoms with Crippen molar-refractivity contribution in [3.05, 3.63) is 66.8 Å². The molecule has 0 heterocycles. The molecule has 2 amide bonds. The van der Waals surface area contributed by atoms with E-state index in [4.69, 9.17) is 0 Å². The zero-order valence-electron chi connectivity index (χ0n) is 14.4. The number of benzene rings is 2. The van der Waals surface area contributed by atoms with E-state index in [2.05, 4.69) is 66.2 Å². The van der Waals surface area contributed by atoms with E-state index >= 15 is 0 Å². The highest BCUT2D eigenvalue weighted by Crippen LogP contribution is 2.05. The van der Waals surface area contributed by atoms with Crippen LogP contribution in [0.15, 0.2) is 58.7 Å². The number of carbonyl (C=O) groups is 2. The van der Waals surface area contributed by atoms with Crippen molar-refractivity contribution in [1.29, 1.82) is 0 Å². The molecule has 2 rings (SSSR count). The van der Waals surface area contributed by atoms with Crippen molar-refractivity contribution in [3.8, 4) is 0 Å². The van der Waals surface area contributed by atoms with Crippen molar-refractivity contribution in [2.45, 2.75) is 19.3 Å². The third-order valence-corrected chi connectivity index (χ3v) is 4.79. The molecule has 0 fully saturated rings. The van der Waals surface area contributed by atoms with E-state index in [0.717, 1.165) is 18.3 Å². The minimum atomic E-state index is -0.230. The molecule has 0 bridgehead atoms. The van der Waals surface area contributed by atoms with Crippen LogP contribution >= 0.6 is 45.2 Å². The Morgan fingerprint density at radius 3 is 1.48 bits per heavy atom. The van der Waals surface area contributed by atoms with Gasteiger partial charge in [0.1, 0.15) is 0 Å². The predicted octanol–water partition coefficient (Wildman–Crippen LogP) is 3.67. The summed E-state index contributed by atoms with van der Waals surface area (Å²) < 4.78 is 2.27. The first-order valence-electron chi connectivity index (χ1n) is 8.18. The van der Waals surface area contributed by atoms with E-state index in [9.17, 15) is 9.59 Å². The maximum absolute atomic E-state index is 11.7. The first-order chi connectivity index (χ1) is 13.0. The lowest BCUT2D eigenvalue weighted by Gasteiger charge is -2.01. The van der Waals surface area contributed by atoms with Gasteiger partial charge in [-0.3, -0.25) is 9.59 Å². The molecular weight excluding hydrogens is 570 g/mol. The first-order valence-corrected chi connectivity index (χ1v) is 10.3. The molecule has 0 aliphatic heterocycles. The Morgan fingerprint density at radius 2 is 1.11 bits per heavy atom. The highest BCUT2D eigenvalue weighted by molar-refractivity contribution is 14.1. The van der Waals surface area contributed by atoms with Gasteiger partial charge in [-0.2, -0.15) is 10.2 Å². The van der Waals surface area contributed by atoms with Crippen LogP contribution in [-0.2, 0) is 9.59 Å². The summed E-state index contributed by atoms with van der Waals surface area (Å²) in [7, 11) is 0. The van der Waals surface area contributed by atoms with Crippen molar-refractivity contribution < 1.29 is 9.59 Å². The Labute approximate surface area is 185 Å². The first kappa shape index (κ1) is 21.5. The molecule has 140 valence electrons. The van der Waals surface area contributed by atoms with Crippen LogP contribution in [-0.4, -0.2) is 24.2 Å². The number of nitrogens with one attached hydrogen (secondary N) is 2. The van der Waals surface area contributed by atoms with Crippen molar-refractivity contribution in [2.75, 3.05) is 0 Å². The summed E-state index contributed by atoms with van der Waals surface area (Å²) >= 11 is 4.44. The van der Waals surface area contributed by atoms with Gasteiger partial charge in [-0.15, -0.1) is 0 Å². The Kier molecular flexibility index (Phi) is 9.39. The maximum atomic E-state index is 11.7. The number of hydrogen-bond donors (Lipinski definition) is 2. The zero-order chi connectivity index (χ0) is 19.5. The second-order valence-corrected chi connectivity index (χ2v) is 8.03. The molecule has 0 atom stereocenters. The van der Waals surface area contributed by atoms with E-state index in [1.54, 1.807) is 12.4 Å². The highest BCUT2D eigenvalue weighted by Gasteiger charge is 2.03. The number of amides is 2. The Hall–Kier alpha value is -1.82. The van der Waals surface area contributed by atoms with Crippen LogP contribution in [0.3, 0.4) is 0 Å². The quantitative estimate of drug-likeness (QED) is 0.281. The van der Waals surface area contributed by atoms with Gasteiger partial charge in [0.2, 0.25) is 11.8 Å². The van der Waals surface area contributed by atoms with Crippen LogP contribution in [0.5, 0.6) is 0 Å². The fraction of sp³-hybridized carbons (Fsp3) is 0.158. The molecule has 6 nitrogen and oxygen atoms in total. The smallest absolute Gasteiger partial charge is 0.240 e. The number of hydrogen-bond acceptors (Lipinski definition) is 4. The summed E-state index contributed by atoms with van der Waals surface area (Å²) in [6.45, 7) is 0. The summed E-state index contributed by atoms with van der Waals surface area (Å²) in [4.78, 5) is 23.4. The molecule has 2 N–H and O–H groups in total. The average Bonchev–Trinajstić information content (AvgIpc) is 2.65. The normalized spacial score (nSPS) is 11.0. The second-order valence-electron chi connectivity index (χ2n) is 5.54. The van der Waals surface area contributed by atoms with Crippen LogP contribution in [0.2, 0.25) is 0 Å². The number of hydrazone groups is 2. The molecule has 0 aliphatic carbocycles. The minimum absolute atomic E-state index is 0.221. The van der Waals surface area contributed by atoms with Crippen molar-refractivity contribution >= 4 is 69.4 Å². The van der Waals surface area contributed by atoms with Crippen LogP contribution in [0.4, 0.5) is 0 Å². The largest absolute Gasteiger partial charge is 0.273 e. The standard InChI is InChI=1S/C19H18I2N4O2/c20-16-8-4-14(5-9-16)12-22-24-18(26)2-1-3-19(27)25-23-13-15-6-10-17(21)11-7-15/h4-13H,1-3H2,(H,24,26)(H,25,27). The second kappa shape index (κ2) is 11.8. The molecule has 27 heavy (non-hydrogen) atoms. The van der Waals surface area contributed by atoms with Gasteiger partial charge < -0.3 is 0 Å². The molecular formula is C19H18I2N4O2. The number of carbonyl (C=O) groups excluding carboxylic acids is 2. The van der Waals surface area contributed by atoms with Gasteiger partial charge in [0.05, 0.1) is 12.4 Å². The lowest BCUT2D eigenvalue weighted by Crippen LogP contribution is -2.20. The van der Waals surface area contributed by atoms with Gasteiger partial charge in [0.25, 0.3) is 0 Å². The van der Waals surface area contributed by atoms with Crippen molar-refractivity contribution in [1.82, 2.24) is 10.9 Å². The third-order valence-electron chi connectivity index (χ3n) is 3.35. The topological polar surface area (TPSA) is 82.9 Å². The molecule has 2 aromatic rings. The third kappa shape index (κ3) is 9.09. The van der Waals surface area contributed by atoms with Gasteiger partial charge in [-0.1, -0.05) is 24.3 Å². The van der Waals surface area contributed by atoms with Gasteiger partial charge in [0.15, 0.2) is 0 Å². The summed E-state index contributed by atoms with van der Waals surface area (Å²) in [5.74, 6) is -0.459. The van der Waals surface area contributed by atoms with Crippen LogP contribution < -0.4 is 10.9 Å². The molecule has 0 unspecified atom stereocenters. The van der Waals surface area contributed by atoms with Crippen LogP contribution in [0.25, 0.3) is 0 Å². The molecule has 0 aliphatic rings. The lowest BCUT2D eigenvalue weighted by atomic mass is 10.2. The summed E-state index contributed by atoms with van der Waals surface area (Å²) in [6.07, 6.45) is 4.03. The fourth-order valence-electron chi connectivity index (χ4n) is 1.98. The van der Waals surface area contributed by atoms with Gasteiger partial charge in [-0.05, 0) is 87.0 Å². The van der Waals surface area contributed by atoms with Gasteiger partial charge >= 0.3 is 0 Å². The fourth-order valence-corrected chi connectivity index (χ4v) is 2.70. The number of rotatable bonds is 8. The SMILES string of the molecule is O=C(CCCC(=O)NN=Cc1ccc(I)cc1)NN=Cc1ccc(I)cc1. The Bertz CT molecular complexity index is 749. The van der Waals surface area contributed by atoms with E-state index in [-0.39, 0.29) is 24.7 Å². The molecule has 8 heteroatoms. The number of nitrogens with zero attached hydrogens (tertiary/aromatic N) is 2. The van der Waals surface area contributed by atoms with E-state index in [0.29, 0.717) is 6.42 Å². The van der Waals surface area contributed by atoms with E-state index in [1.807, 2.05) is 48.5 Å². The molecule has 0 saturated heterocycles. The zero-order valence-corrected chi connectivity index (χ0v) is 18.7. The summed E-state index contributed by atoms with van der Waals surface area (Å²) in [6, 6.07) is 15.5. The van der Waals surface area contributed by atoms with E-state index < -0.39 is 0 Å². The van der Waals surface area contributed by atoms with Gasteiger partial charge in [-0.25, -0.2) is 10.9 Å². The molecule has 2 aromatic carbocycles. The monoisotopic (exact) mass is 588 g/mol. The molecule has 0 spiro atoms. The van der Waals surface area contributed by atoms with Gasteiger partial charge in [0, 0.05) is 20.0 Å². The maximum Gasteiger partial charge on any atom is 0.240 e. The summed E-state index contributed by atoms with van der Waals surface area (Å²) in [5, 5.41) is 7.81. The average molecular weight is 588 g/mol. The molecule has 0 radical (unpaired) electrons. The Balaban J connectivity index is 1.61. The Morgan fingerprint density at radius 1 is 0.741 bits per heavy atom. The molecule has 0 saturated carbocycles. The predicted molar refractivity (Wildman–Crippen MR) is 124 cm³/mol.